The summed E-state index contributed by atoms with van der Waals surface area (Å²) in [5.41, 5.74) is 0.917. The number of nitrogens with zero attached hydrogens (tertiary/aromatic N) is 4. The zero-order valence-electron chi connectivity index (χ0n) is 12.3. The van der Waals surface area contributed by atoms with Crippen molar-refractivity contribution in [3.63, 3.8) is 0 Å². The van der Waals surface area contributed by atoms with E-state index < -0.39 is 17.6 Å². The predicted octanol–water partition coefficient (Wildman–Crippen LogP) is 0.630. The minimum Gasteiger partial charge on any atom is -0.391 e. The lowest BCUT2D eigenvalue weighted by atomic mass is 9.99. The maximum Gasteiger partial charge on any atom is 0.291 e. The molecular formula is C13H19N5O2. The zero-order chi connectivity index (χ0) is 15.1. The first-order chi connectivity index (χ1) is 9.20. The number of aromatic nitrogens is 4. The van der Waals surface area contributed by atoms with Crippen molar-refractivity contribution < 1.29 is 9.90 Å². The van der Waals surface area contributed by atoms with Crippen LogP contribution in [0.4, 0.5) is 0 Å². The second-order valence-electron chi connectivity index (χ2n) is 5.54. The Morgan fingerprint density at radius 2 is 2.05 bits per heavy atom. The van der Waals surface area contributed by atoms with Crippen molar-refractivity contribution >= 4 is 11.7 Å². The van der Waals surface area contributed by atoms with Crippen LogP contribution in [-0.2, 0) is 0 Å². The van der Waals surface area contributed by atoms with Crippen molar-refractivity contribution in [3.8, 4) is 0 Å². The highest BCUT2D eigenvalue weighted by atomic mass is 16.3. The first-order valence-corrected chi connectivity index (χ1v) is 6.42. The van der Waals surface area contributed by atoms with Gasteiger partial charge < -0.3 is 10.4 Å². The molecule has 0 radical (unpaired) electrons. The Balaban J connectivity index is 2.34. The fourth-order valence-electron chi connectivity index (χ4n) is 1.72. The minimum atomic E-state index is -0.757. The standard InChI is InChI=1S/C13H19N5O2/c1-7-6-8(2)18-12(14-7)15-10(17-18)11(20)16-13(4,5)9(3)19/h6,9,19H,1-5H3,(H,16,20). The molecule has 1 unspecified atom stereocenters. The molecule has 0 aliphatic rings. The highest BCUT2D eigenvalue weighted by Gasteiger charge is 2.28. The number of aryl methyl sites for hydroxylation is 2. The molecule has 0 fully saturated rings. The van der Waals surface area contributed by atoms with Crippen molar-refractivity contribution in [1.82, 2.24) is 24.9 Å². The molecule has 2 aromatic heterocycles. The van der Waals surface area contributed by atoms with E-state index in [1.807, 2.05) is 19.9 Å². The van der Waals surface area contributed by atoms with Gasteiger partial charge in [-0.3, -0.25) is 4.79 Å². The summed E-state index contributed by atoms with van der Waals surface area (Å²) in [7, 11) is 0. The molecule has 0 saturated carbocycles. The third kappa shape index (κ3) is 2.62. The number of amides is 1. The molecule has 2 rings (SSSR count). The maximum absolute atomic E-state index is 12.1. The Bertz CT molecular complexity index is 660. The highest BCUT2D eigenvalue weighted by molar-refractivity contribution is 5.91. The molecule has 0 aliphatic carbocycles. The van der Waals surface area contributed by atoms with E-state index >= 15 is 0 Å². The van der Waals surface area contributed by atoms with Gasteiger partial charge in [0.05, 0.1) is 11.6 Å². The van der Waals surface area contributed by atoms with Gasteiger partial charge in [0.2, 0.25) is 5.82 Å². The Morgan fingerprint density at radius 3 is 2.65 bits per heavy atom. The van der Waals surface area contributed by atoms with Crippen LogP contribution in [0.5, 0.6) is 0 Å². The third-order valence-corrected chi connectivity index (χ3v) is 3.30. The molecule has 0 aliphatic heterocycles. The first kappa shape index (κ1) is 14.4. The summed E-state index contributed by atoms with van der Waals surface area (Å²) in [6.45, 7) is 8.82. The highest BCUT2D eigenvalue weighted by Crippen LogP contribution is 2.10. The fourth-order valence-corrected chi connectivity index (χ4v) is 1.72. The lowest BCUT2D eigenvalue weighted by molar-refractivity contribution is 0.0701. The first-order valence-electron chi connectivity index (χ1n) is 6.42. The second kappa shape index (κ2) is 4.82. The third-order valence-electron chi connectivity index (χ3n) is 3.30. The molecule has 0 aromatic carbocycles. The van der Waals surface area contributed by atoms with Crippen molar-refractivity contribution in [1.29, 1.82) is 0 Å². The minimum absolute atomic E-state index is 0.0416. The average molecular weight is 277 g/mol. The van der Waals surface area contributed by atoms with Crippen LogP contribution < -0.4 is 5.32 Å². The van der Waals surface area contributed by atoms with Crippen LogP contribution in [0.1, 0.15) is 42.8 Å². The molecule has 0 bridgehead atoms. The summed E-state index contributed by atoms with van der Waals surface area (Å²) in [6, 6.07) is 1.86. The molecular weight excluding hydrogens is 258 g/mol. The summed E-state index contributed by atoms with van der Waals surface area (Å²) >= 11 is 0. The maximum atomic E-state index is 12.1. The number of rotatable bonds is 3. The number of fused-ring (bicyclic) bond motifs is 1. The van der Waals surface area contributed by atoms with Gasteiger partial charge in [-0.05, 0) is 40.7 Å². The normalized spacial score (nSPS) is 13.5. The molecule has 2 N–H and O–H groups in total. The molecule has 0 saturated heterocycles. The largest absolute Gasteiger partial charge is 0.391 e. The number of carbonyl (C=O) groups excluding carboxylic acids is 1. The summed E-state index contributed by atoms with van der Waals surface area (Å²) in [5.74, 6) is 0.000816. The molecule has 7 nitrogen and oxygen atoms in total. The zero-order valence-corrected chi connectivity index (χ0v) is 12.3. The molecule has 2 heterocycles. The van der Waals surface area contributed by atoms with Gasteiger partial charge in [-0.25, -0.2) is 9.50 Å². The van der Waals surface area contributed by atoms with Crippen LogP contribution in [0, 0.1) is 13.8 Å². The monoisotopic (exact) mass is 277 g/mol. The van der Waals surface area contributed by atoms with E-state index in [1.165, 1.54) is 4.52 Å². The lowest BCUT2D eigenvalue weighted by Crippen LogP contribution is -2.51. The van der Waals surface area contributed by atoms with Gasteiger partial charge in [-0.1, -0.05) is 0 Å². The Morgan fingerprint density at radius 1 is 1.40 bits per heavy atom. The van der Waals surface area contributed by atoms with E-state index in [-0.39, 0.29) is 5.82 Å². The predicted molar refractivity (Wildman–Crippen MR) is 73.5 cm³/mol. The quantitative estimate of drug-likeness (QED) is 0.858. The topological polar surface area (TPSA) is 92.4 Å². The Hall–Kier alpha value is -2.02. The van der Waals surface area contributed by atoms with E-state index in [2.05, 4.69) is 20.4 Å². The lowest BCUT2D eigenvalue weighted by Gasteiger charge is -2.28. The Kier molecular flexibility index (Phi) is 3.47. The number of carbonyl (C=O) groups is 1. The molecule has 1 atom stereocenters. The van der Waals surface area contributed by atoms with Gasteiger partial charge in [-0.15, -0.1) is 5.10 Å². The summed E-state index contributed by atoms with van der Waals surface area (Å²) in [4.78, 5) is 20.5. The van der Waals surface area contributed by atoms with Crippen molar-refractivity contribution in [2.24, 2.45) is 0 Å². The van der Waals surface area contributed by atoms with Gasteiger partial charge >= 0.3 is 0 Å². The van der Waals surface area contributed by atoms with Gasteiger partial charge in [0.25, 0.3) is 11.7 Å². The van der Waals surface area contributed by atoms with E-state index in [0.29, 0.717) is 5.78 Å². The average Bonchev–Trinajstić information content (AvgIpc) is 2.72. The van der Waals surface area contributed by atoms with Gasteiger partial charge in [0.1, 0.15) is 0 Å². The number of hydrogen-bond donors (Lipinski definition) is 2. The van der Waals surface area contributed by atoms with Crippen LogP contribution in [0.15, 0.2) is 6.07 Å². The summed E-state index contributed by atoms with van der Waals surface area (Å²) in [6.07, 6.45) is -0.689. The van der Waals surface area contributed by atoms with Crippen LogP contribution in [-0.4, -0.2) is 42.2 Å². The smallest absolute Gasteiger partial charge is 0.291 e. The van der Waals surface area contributed by atoms with Gasteiger partial charge in [-0.2, -0.15) is 4.98 Å². The SMILES string of the molecule is Cc1cc(C)n2nc(C(=O)NC(C)(C)C(C)O)nc2n1. The van der Waals surface area contributed by atoms with E-state index in [4.69, 9.17) is 0 Å². The van der Waals surface area contributed by atoms with Crippen LogP contribution in [0.25, 0.3) is 5.78 Å². The van der Waals surface area contributed by atoms with E-state index in [9.17, 15) is 9.90 Å². The van der Waals surface area contributed by atoms with Crippen molar-refractivity contribution in [2.45, 2.75) is 46.3 Å². The van der Waals surface area contributed by atoms with E-state index in [0.717, 1.165) is 11.4 Å². The van der Waals surface area contributed by atoms with Crippen LogP contribution in [0.2, 0.25) is 0 Å². The second-order valence-corrected chi connectivity index (χ2v) is 5.54. The molecule has 1 amide bonds. The molecule has 7 heteroatoms. The number of aliphatic hydroxyl groups excluding tert-OH is 1. The molecule has 0 spiro atoms. The van der Waals surface area contributed by atoms with Crippen molar-refractivity contribution in [3.05, 3.63) is 23.3 Å². The number of hydrogen-bond acceptors (Lipinski definition) is 5. The van der Waals surface area contributed by atoms with Gasteiger partial charge in [0, 0.05) is 11.4 Å². The summed E-state index contributed by atoms with van der Waals surface area (Å²) in [5, 5.41) is 16.5. The fraction of sp³-hybridized carbons (Fsp3) is 0.538. The van der Waals surface area contributed by atoms with Gasteiger partial charge in [0.15, 0.2) is 0 Å². The number of aliphatic hydroxyl groups is 1. The van der Waals surface area contributed by atoms with E-state index in [1.54, 1.807) is 20.8 Å². The number of nitrogens with one attached hydrogen (secondary N) is 1. The molecule has 108 valence electrons. The molecule has 2 aromatic rings. The van der Waals surface area contributed by atoms with Crippen LogP contribution >= 0.6 is 0 Å². The molecule has 20 heavy (non-hydrogen) atoms. The van der Waals surface area contributed by atoms with Crippen LogP contribution in [0.3, 0.4) is 0 Å². The summed E-state index contributed by atoms with van der Waals surface area (Å²) < 4.78 is 1.53. The van der Waals surface area contributed by atoms with Crippen molar-refractivity contribution in [2.75, 3.05) is 0 Å². The Labute approximate surface area is 117 Å².